The lowest BCUT2D eigenvalue weighted by Crippen LogP contribution is -2.25. The SMILES string of the molecule is CC(N)CCCC(=O)NCCc1ccco1. The number of carbonyl (C=O) groups is 1. The lowest BCUT2D eigenvalue weighted by molar-refractivity contribution is -0.121. The maximum absolute atomic E-state index is 11.4. The van der Waals surface area contributed by atoms with Gasteiger partial charge in [-0.3, -0.25) is 4.79 Å². The molecule has 0 aliphatic rings. The highest BCUT2D eigenvalue weighted by molar-refractivity contribution is 5.75. The van der Waals surface area contributed by atoms with Crippen LogP contribution in [-0.2, 0) is 11.2 Å². The molecule has 1 atom stereocenters. The molecule has 0 bridgehead atoms. The third kappa shape index (κ3) is 5.56. The Morgan fingerprint density at radius 1 is 1.62 bits per heavy atom. The first-order valence-corrected chi connectivity index (χ1v) is 5.73. The maximum Gasteiger partial charge on any atom is 0.220 e. The smallest absolute Gasteiger partial charge is 0.220 e. The van der Waals surface area contributed by atoms with Gasteiger partial charge in [0.15, 0.2) is 0 Å². The third-order valence-electron chi connectivity index (χ3n) is 2.34. The number of carbonyl (C=O) groups excluding carboxylic acids is 1. The highest BCUT2D eigenvalue weighted by Crippen LogP contribution is 2.00. The monoisotopic (exact) mass is 224 g/mol. The molecule has 90 valence electrons. The van der Waals surface area contributed by atoms with E-state index in [9.17, 15) is 4.79 Å². The quantitative estimate of drug-likeness (QED) is 0.736. The molecule has 1 heterocycles. The van der Waals surface area contributed by atoms with E-state index < -0.39 is 0 Å². The summed E-state index contributed by atoms with van der Waals surface area (Å²) in [6.45, 7) is 2.58. The molecule has 16 heavy (non-hydrogen) atoms. The summed E-state index contributed by atoms with van der Waals surface area (Å²) < 4.78 is 5.16. The van der Waals surface area contributed by atoms with E-state index in [4.69, 9.17) is 10.2 Å². The average molecular weight is 224 g/mol. The Morgan fingerprint density at radius 2 is 2.44 bits per heavy atom. The van der Waals surface area contributed by atoms with Crippen molar-refractivity contribution in [3.05, 3.63) is 24.2 Å². The van der Waals surface area contributed by atoms with Gasteiger partial charge in [0.05, 0.1) is 6.26 Å². The number of hydrogen-bond donors (Lipinski definition) is 2. The minimum absolute atomic E-state index is 0.0900. The molecule has 0 radical (unpaired) electrons. The lowest BCUT2D eigenvalue weighted by atomic mass is 10.1. The third-order valence-corrected chi connectivity index (χ3v) is 2.34. The van der Waals surface area contributed by atoms with Gasteiger partial charge in [0.1, 0.15) is 5.76 Å². The van der Waals surface area contributed by atoms with Crippen molar-refractivity contribution in [2.24, 2.45) is 5.73 Å². The lowest BCUT2D eigenvalue weighted by Gasteiger charge is -2.05. The van der Waals surface area contributed by atoms with Gasteiger partial charge in [-0.2, -0.15) is 0 Å². The van der Waals surface area contributed by atoms with E-state index in [0.29, 0.717) is 13.0 Å². The molecule has 0 fully saturated rings. The fourth-order valence-corrected chi connectivity index (χ4v) is 1.45. The number of rotatable bonds is 7. The Kier molecular flexibility index (Phi) is 5.64. The fraction of sp³-hybridized carbons (Fsp3) is 0.583. The van der Waals surface area contributed by atoms with E-state index >= 15 is 0 Å². The van der Waals surface area contributed by atoms with Crippen LogP contribution in [0.5, 0.6) is 0 Å². The summed E-state index contributed by atoms with van der Waals surface area (Å²) in [6.07, 6.45) is 4.68. The van der Waals surface area contributed by atoms with Crippen molar-refractivity contribution in [2.45, 2.75) is 38.6 Å². The van der Waals surface area contributed by atoms with E-state index in [2.05, 4.69) is 5.32 Å². The van der Waals surface area contributed by atoms with Crippen molar-refractivity contribution in [2.75, 3.05) is 6.54 Å². The van der Waals surface area contributed by atoms with Gasteiger partial charge < -0.3 is 15.5 Å². The van der Waals surface area contributed by atoms with Gasteiger partial charge in [-0.15, -0.1) is 0 Å². The summed E-state index contributed by atoms with van der Waals surface area (Å²) in [5.41, 5.74) is 5.60. The van der Waals surface area contributed by atoms with E-state index in [0.717, 1.165) is 25.0 Å². The highest BCUT2D eigenvalue weighted by Gasteiger charge is 2.02. The molecule has 0 aliphatic carbocycles. The molecule has 0 saturated carbocycles. The molecule has 4 heteroatoms. The first-order valence-electron chi connectivity index (χ1n) is 5.73. The first-order chi connectivity index (χ1) is 7.68. The molecule has 1 aromatic rings. The van der Waals surface area contributed by atoms with Crippen LogP contribution in [0.3, 0.4) is 0 Å². The van der Waals surface area contributed by atoms with Crippen LogP contribution in [0.4, 0.5) is 0 Å². The second-order valence-corrected chi connectivity index (χ2v) is 4.05. The summed E-state index contributed by atoms with van der Waals surface area (Å²) in [5, 5.41) is 2.85. The summed E-state index contributed by atoms with van der Waals surface area (Å²) in [7, 11) is 0. The zero-order chi connectivity index (χ0) is 11.8. The second-order valence-electron chi connectivity index (χ2n) is 4.05. The molecular weight excluding hydrogens is 204 g/mol. The van der Waals surface area contributed by atoms with E-state index in [-0.39, 0.29) is 11.9 Å². The van der Waals surface area contributed by atoms with Crippen LogP contribution in [0.15, 0.2) is 22.8 Å². The Hall–Kier alpha value is -1.29. The molecular formula is C12H20N2O2. The number of nitrogens with two attached hydrogens (primary N) is 1. The molecule has 4 nitrogen and oxygen atoms in total. The van der Waals surface area contributed by atoms with Gasteiger partial charge in [-0.1, -0.05) is 0 Å². The van der Waals surface area contributed by atoms with Crippen LogP contribution in [0.25, 0.3) is 0 Å². The molecule has 1 aromatic heterocycles. The molecule has 1 amide bonds. The summed E-state index contributed by atoms with van der Waals surface area (Å²) in [4.78, 5) is 11.4. The fourth-order valence-electron chi connectivity index (χ4n) is 1.45. The van der Waals surface area contributed by atoms with Crippen molar-refractivity contribution >= 4 is 5.91 Å². The molecule has 0 saturated heterocycles. The molecule has 0 aliphatic heterocycles. The zero-order valence-corrected chi connectivity index (χ0v) is 9.74. The summed E-state index contributed by atoms with van der Waals surface area (Å²) in [5.74, 6) is 0.989. The largest absolute Gasteiger partial charge is 0.469 e. The van der Waals surface area contributed by atoms with Crippen molar-refractivity contribution in [3.8, 4) is 0 Å². The summed E-state index contributed by atoms with van der Waals surface area (Å²) >= 11 is 0. The zero-order valence-electron chi connectivity index (χ0n) is 9.74. The predicted octanol–water partition coefficient (Wildman–Crippen LogP) is 1.46. The first kappa shape index (κ1) is 12.8. The molecule has 3 N–H and O–H groups in total. The van der Waals surface area contributed by atoms with Crippen LogP contribution in [0, 0.1) is 0 Å². The van der Waals surface area contributed by atoms with Gasteiger partial charge in [-0.05, 0) is 31.9 Å². The Morgan fingerprint density at radius 3 is 3.06 bits per heavy atom. The van der Waals surface area contributed by atoms with Gasteiger partial charge in [0, 0.05) is 25.4 Å². The number of hydrogen-bond acceptors (Lipinski definition) is 3. The number of amides is 1. The summed E-state index contributed by atoms with van der Waals surface area (Å²) in [6, 6.07) is 3.93. The Labute approximate surface area is 96.2 Å². The molecule has 1 rings (SSSR count). The Bertz CT molecular complexity index is 294. The van der Waals surface area contributed by atoms with Gasteiger partial charge in [0.2, 0.25) is 5.91 Å². The average Bonchev–Trinajstić information content (AvgIpc) is 2.70. The number of furan rings is 1. The van der Waals surface area contributed by atoms with E-state index in [1.165, 1.54) is 0 Å². The van der Waals surface area contributed by atoms with E-state index in [1.807, 2.05) is 19.1 Å². The van der Waals surface area contributed by atoms with Crippen LogP contribution in [0.1, 0.15) is 31.9 Å². The molecule has 1 unspecified atom stereocenters. The van der Waals surface area contributed by atoms with E-state index in [1.54, 1.807) is 6.26 Å². The van der Waals surface area contributed by atoms with Crippen molar-refractivity contribution in [1.82, 2.24) is 5.32 Å². The van der Waals surface area contributed by atoms with Crippen molar-refractivity contribution in [1.29, 1.82) is 0 Å². The molecule has 0 spiro atoms. The topological polar surface area (TPSA) is 68.3 Å². The minimum atomic E-state index is 0.0900. The van der Waals surface area contributed by atoms with Crippen molar-refractivity contribution < 1.29 is 9.21 Å². The highest BCUT2D eigenvalue weighted by atomic mass is 16.3. The van der Waals surface area contributed by atoms with Gasteiger partial charge in [0.25, 0.3) is 0 Å². The van der Waals surface area contributed by atoms with Crippen LogP contribution in [-0.4, -0.2) is 18.5 Å². The van der Waals surface area contributed by atoms with Crippen LogP contribution >= 0.6 is 0 Å². The second kappa shape index (κ2) is 7.06. The van der Waals surface area contributed by atoms with Crippen LogP contribution in [0.2, 0.25) is 0 Å². The van der Waals surface area contributed by atoms with Gasteiger partial charge >= 0.3 is 0 Å². The predicted molar refractivity (Wildman–Crippen MR) is 62.9 cm³/mol. The minimum Gasteiger partial charge on any atom is -0.469 e. The number of nitrogens with one attached hydrogen (secondary N) is 1. The Balaban J connectivity index is 2.02. The van der Waals surface area contributed by atoms with Gasteiger partial charge in [-0.25, -0.2) is 0 Å². The van der Waals surface area contributed by atoms with Crippen molar-refractivity contribution in [3.63, 3.8) is 0 Å². The van der Waals surface area contributed by atoms with Crippen LogP contribution < -0.4 is 11.1 Å². The standard InChI is InChI=1S/C12H20N2O2/c1-10(13)4-2-6-12(15)14-8-7-11-5-3-9-16-11/h3,5,9-10H,2,4,6-8,13H2,1H3,(H,14,15). The maximum atomic E-state index is 11.4. The molecule has 0 aromatic carbocycles. The normalized spacial score (nSPS) is 12.4.